The number of rotatable bonds is 5. The van der Waals surface area contributed by atoms with E-state index in [1.807, 2.05) is 49.4 Å². The Hall–Kier alpha value is -2.33. The SMILES string of the molecule is Cc1ccc(NCC(=O)N/N=C\c2ccccc2Cl)cc1. The van der Waals surface area contributed by atoms with Gasteiger partial charge in [-0.2, -0.15) is 5.10 Å². The van der Waals surface area contributed by atoms with Gasteiger partial charge < -0.3 is 5.32 Å². The monoisotopic (exact) mass is 301 g/mol. The lowest BCUT2D eigenvalue weighted by Crippen LogP contribution is -2.25. The molecule has 0 fully saturated rings. The van der Waals surface area contributed by atoms with Gasteiger partial charge in [-0.05, 0) is 25.1 Å². The molecule has 0 radical (unpaired) electrons. The first-order valence-electron chi connectivity index (χ1n) is 6.52. The number of nitrogens with zero attached hydrogens (tertiary/aromatic N) is 1. The van der Waals surface area contributed by atoms with Crippen LogP contribution in [0.15, 0.2) is 53.6 Å². The summed E-state index contributed by atoms with van der Waals surface area (Å²) in [5.41, 5.74) is 5.27. The molecule has 108 valence electrons. The van der Waals surface area contributed by atoms with Gasteiger partial charge >= 0.3 is 0 Å². The van der Waals surface area contributed by atoms with Gasteiger partial charge in [0.15, 0.2) is 0 Å². The largest absolute Gasteiger partial charge is 0.376 e. The molecule has 2 aromatic carbocycles. The van der Waals surface area contributed by atoms with E-state index in [4.69, 9.17) is 11.6 Å². The predicted molar refractivity (Wildman–Crippen MR) is 86.9 cm³/mol. The van der Waals surface area contributed by atoms with E-state index in [-0.39, 0.29) is 12.5 Å². The van der Waals surface area contributed by atoms with Crippen LogP contribution in [0.3, 0.4) is 0 Å². The third-order valence-corrected chi connectivity index (χ3v) is 3.15. The molecule has 5 heteroatoms. The van der Waals surface area contributed by atoms with Crippen LogP contribution in [0.2, 0.25) is 5.02 Å². The van der Waals surface area contributed by atoms with Gasteiger partial charge in [0.05, 0.1) is 12.8 Å². The second-order valence-electron chi connectivity index (χ2n) is 4.53. The van der Waals surface area contributed by atoms with Crippen molar-refractivity contribution in [3.05, 3.63) is 64.7 Å². The maximum absolute atomic E-state index is 11.6. The van der Waals surface area contributed by atoms with Crippen LogP contribution in [-0.2, 0) is 4.79 Å². The number of hydrogen-bond acceptors (Lipinski definition) is 3. The molecular formula is C16H16ClN3O. The first-order valence-corrected chi connectivity index (χ1v) is 6.90. The van der Waals surface area contributed by atoms with Crippen molar-refractivity contribution in [3.8, 4) is 0 Å². The summed E-state index contributed by atoms with van der Waals surface area (Å²) in [4.78, 5) is 11.6. The van der Waals surface area contributed by atoms with Crippen molar-refractivity contribution < 1.29 is 4.79 Å². The lowest BCUT2D eigenvalue weighted by molar-refractivity contribution is -0.119. The van der Waals surface area contributed by atoms with Crippen LogP contribution < -0.4 is 10.7 Å². The summed E-state index contributed by atoms with van der Waals surface area (Å²) >= 11 is 5.98. The van der Waals surface area contributed by atoms with Crippen LogP contribution in [0.1, 0.15) is 11.1 Å². The molecule has 2 N–H and O–H groups in total. The first kappa shape index (κ1) is 15.1. The van der Waals surface area contributed by atoms with Crippen LogP contribution >= 0.6 is 11.6 Å². The Bertz CT molecular complexity index is 638. The number of amides is 1. The normalized spacial score (nSPS) is 10.6. The second-order valence-corrected chi connectivity index (χ2v) is 4.94. The first-order chi connectivity index (χ1) is 10.1. The number of hydrazone groups is 1. The Morgan fingerprint density at radius 2 is 1.90 bits per heavy atom. The van der Waals surface area contributed by atoms with E-state index < -0.39 is 0 Å². The van der Waals surface area contributed by atoms with Gasteiger partial charge in [-0.15, -0.1) is 0 Å². The minimum absolute atomic E-state index is 0.156. The Kier molecular flexibility index (Phi) is 5.35. The molecule has 21 heavy (non-hydrogen) atoms. The molecule has 0 aliphatic carbocycles. The number of carbonyl (C=O) groups is 1. The van der Waals surface area contributed by atoms with E-state index in [1.54, 1.807) is 6.07 Å². The van der Waals surface area contributed by atoms with Crippen LogP contribution in [0.4, 0.5) is 5.69 Å². The minimum atomic E-state index is -0.223. The summed E-state index contributed by atoms with van der Waals surface area (Å²) in [6, 6.07) is 15.1. The zero-order valence-corrected chi connectivity index (χ0v) is 12.4. The van der Waals surface area contributed by atoms with Gasteiger partial charge in [-0.3, -0.25) is 4.79 Å². The van der Waals surface area contributed by atoms with Crippen molar-refractivity contribution in [2.45, 2.75) is 6.92 Å². The highest BCUT2D eigenvalue weighted by Gasteiger charge is 1.99. The molecule has 0 bridgehead atoms. The maximum atomic E-state index is 11.6. The van der Waals surface area contributed by atoms with Crippen molar-refractivity contribution in [1.82, 2.24) is 5.43 Å². The minimum Gasteiger partial charge on any atom is -0.376 e. The highest BCUT2D eigenvalue weighted by molar-refractivity contribution is 6.33. The van der Waals surface area contributed by atoms with Crippen molar-refractivity contribution in [1.29, 1.82) is 0 Å². The fourth-order valence-corrected chi connectivity index (χ4v) is 1.83. The van der Waals surface area contributed by atoms with E-state index in [1.165, 1.54) is 11.8 Å². The van der Waals surface area contributed by atoms with Crippen molar-refractivity contribution in [3.63, 3.8) is 0 Å². The van der Waals surface area contributed by atoms with E-state index in [9.17, 15) is 4.79 Å². The van der Waals surface area contributed by atoms with Crippen LogP contribution in [0, 0.1) is 6.92 Å². The molecular weight excluding hydrogens is 286 g/mol. The molecule has 0 heterocycles. The van der Waals surface area contributed by atoms with Gasteiger partial charge in [0.1, 0.15) is 0 Å². The fraction of sp³-hybridized carbons (Fsp3) is 0.125. The fourth-order valence-electron chi connectivity index (χ4n) is 1.65. The number of anilines is 1. The third-order valence-electron chi connectivity index (χ3n) is 2.80. The molecule has 2 aromatic rings. The molecule has 4 nitrogen and oxygen atoms in total. The summed E-state index contributed by atoms with van der Waals surface area (Å²) in [7, 11) is 0. The van der Waals surface area contributed by atoms with Gasteiger partial charge in [0.2, 0.25) is 0 Å². The van der Waals surface area contributed by atoms with Crippen LogP contribution in [-0.4, -0.2) is 18.7 Å². The summed E-state index contributed by atoms with van der Waals surface area (Å²) < 4.78 is 0. The van der Waals surface area contributed by atoms with E-state index in [0.29, 0.717) is 5.02 Å². The van der Waals surface area contributed by atoms with E-state index >= 15 is 0 Å². The molecule has 0 aromatic heterocycles. The number of halogens is 1. The van der Waals surface area contributed by atoms with E-state index in [0.717, 1.165) is 11.3 Å². The molecule has 0 aliphatic heterocycles. The van der Waals surface area contributed by atoms with Gasteiger partial charge in [0.25, 0.3) is 5.91 Å². The average Bonchev–Trinajstić information content (AvgIpc) is 2.49. The number of hydrogen-bond donors (Lipinski definition) is 2. The number of nitrogens with one attached hydrogen (secondary N) is 2. The summed E-state index contributed by atoms with van der Waals surface area (Å²) in [5, 5.41) is 7.49. The number of benzene rings is 2. The highest BCUT2D eigenvalue weighted by atomic mass is 35.5. The van der Waals surface area contributed by atoms with Gasteiger partial charge in [-0.1, -0.05) is 47.5 Å². The summed E-state index contributed by atoms with van der Waals surface area (Å²) in [6.07, 6.45) is 1.52. The standard InChI is InChI=1S/C16H16ClN3O/c1-12-6-8-14(9-7-12)18-11-16(21)20-19-10-13-4-2-3-5-15(13)17/h2-10,18H,11H2,1H3,(H,20,21)/b19-10-. The summed E-state index contributed by atoms with van der Waals surface area (Å²) in [5.74, 6) is -0.223. The quantitative estimate of drug-likeness (QED) is 0.658. The molecule has 0 spiro atoms. The van der Waals surface area contributed by atoms with Crippen molar-refractivity contribution >= 4 is 29.4 Å². The second kappa shape index (κ2) is 7.45. The van der Waals surface area contributed by atoms with Crippen LogP contribution in [0.5, 0.6) is 0 Å². The topological polar surface area (TPSA) is 53.5 Å². The lowest BCUT2D eigenvalue weighted by atomic mass is 10.2. The smallest absolute Gasteiger partial charge is 0.259 e. The highest BCUT2D eigenvalue weighted by Crippen LogP contribution is 2.12. The Labute approximate surface area is 128 Å². The maximum Gasteiger partial charge on any atom is 0.259 e. The zero-order chi connectivity index (χ0) is 15.1. The van der Waals surface area contributed by atoms with Gasteiger partial charge in [-0.25, -0.2) is 5.43 Å². The van der Waals surface area contributed by atoms with Crippen LogP contribution in [0.25, 0.3) is 0 Å². The summed E-state index contributed by atoms with van der Waals surface area (Å²) in [6.45, 7) is 2.17. The molecule has 1 amide bonds. The Morgan fingerprint density at radius 1 is 1.19 bits per heavy atom. The molecule has 0 aliphatic rings. The molecule has 2 rings (SSSR count). The molecule has 0 saturated carbocycles. The molecule has 0 saturated heterocycles. The lowest BCUT2D eigenvalue weighted by Gasteiger charge is -2.05. The molecule has 0 unspecified atom stereocenters. The van der Waals surface area contributed by atoms with Crippen molar-refractivity contribution in [2.24, 2.45) is 5.10 Å². The van der Waals surface area contributed by atoms with Crippen molar-refractivity contribution in [2.75, 3.05) is 11.9 Å². The third kappa shape index (κ3) is 4.93. The predicted octanol–water partition coefficient (Wildman–Crippen LogP) is 3.21. The number of carbonyl (C=O) groups excluding carboxylic acids is 1. The molecule has 0 atom stereocenters. The van der Waals surface area contributed by atoms with Gasteiger partial charge in [0, 0.05) is 16.3 Å². The average molecular weight is 302 g/mol. The Morgan fingerprint density at radius 3 is 2.62 bits per heavy atom. The Balaban J connectivity index is 1.80. The zero-order valence-electron chi connectivity index (χ0n) is 11.6. The number of aryl methyl sites for hydroxylation is 1. The van der Waals surface area contributed by atoms with E-state index in [2.05, 4.69) is 15.8 Å².